The first kappa shape index (κ1) is 14.0. The topological polar surface area (TPSA) is 38.7 Å². The van der Waals surface area contributed by atoms with Gasteiger partial charge in [-0.1, -0.05) is 11.6 Å². The number of nitrogens with zero attached hydrogens (tertiary/aromatic N) is 1. The first-order valence-corrected chi connectivity index (χ1v) is 4.62. The van der Waals surface area contributed by atoms with E-state index in [-0.39, 0.29) is 11.6 Å². The van der Waals surface area contributed by atoms with Gasteiger partial charge in [-0.25, -0.2) is 4.79 Å². The normalized spacial score (nSPS) is 14.0. The van der Waals surface area contributed by atoms with E-state index >= 15 is 0 Å². The number of allylic oxidation sites excluding steroid dienone is 1. The minimum atomic E-state index is -3.71. The van der Waals surface area contributed by atoms with Crippen LogP contribution >= 0.6 is 11.6 Å². The van der Waals surface area contributed by atoms with Crippen LogP contribution in [-0.2, 0) is 9.53 Å². The largest absolute Gasteiger partial charge is 0.461 e. The van der Waals surface area contributed by atoms with E-state index in [4.69, 9.17) is 11.6 Å². The highest BCUT2D eigenvalue weighted by Crippen LogP contribution is 2.18. The second kappa shape index (κ2) is 5.80. The van der Waals surface area contributed by atoms with Crippen molar-refractivity contribution in [3.05, 3.63) is 11.2 Å². The van der Waals surface area contributed by atoms with Crippen molar-refractivity contribution in [2.45, 2.75) is 26.7 Å². The molecule has 0 fully saturated rings. The number of hydrogen-bond donors (Lipinski definition) is 0. The van der Waals surface area contributed by atoms with Gasteiger partial charge in [-0.3, -0.25) is 4.99 Å². The Morgan fingerprint density at radius 2 is 2.07 bits per heavy atom. The molecule has 6 heteroatoms. The van der Waals surface area contributed by atoms with Gasteiger partial charge in [-0.05, 0) is 20.8 Å². The molecule has 3 nitrogen and oxygen atoms in total. The molecule has 15 heavy (non-hydrogen) atoms. The monoisotopic (exact) mass is 239 g/mol. The number of aliphatic imine (C=N–C) groups is 1. The number of hydrogen-bond acceptors (Lipinski definition) is 3. The first-order chi connectivity index (χ1) is 6.82. The van der Waals surface area contributed by atoms with Crippen LogP contribution in [0.2, 0.25) is 0 Å². The average molecular weight is 240 g/mol. The highest BCUT2D eigenvalue weighted by Gasteiger charge is 2.43. The zero-order chi connectivity index (χ0) is 12.1. The van der Waals surface area contributed by atoms with Crippen molar-refractivity contribution in [1.29, 1.82) is 0 Å². The van der Waals surface area contributed by atoms with Gasteiger partial charge in [0.05, 0.1) is 12.3 Å². The molecule has 0 rings (SSSR count). The molecule has 0 aliphatic rings. The van der Waals surface area contributed by atoms with Crippen molar-refractivity contribution in [2.75, 3.05) is 6.61 Å². The van der Waals surface area contributed by atoms with Crippen LogP contribution in [0.1, 0.15) is 20.8 Å². The molecule has 0 radical (unpaired) electrons. The summed E-state index contributed by atoms with van der Waals surface area (Å²) < 4.78 is 30.6. The number of carbonyl (C=O) groups excluding carboxylic acids is 1. The van der Waals surface area contributed by atoms with Gasteiger partial charge in [-0.15, -0.1) is 0 Å². The van der Waals surface area contributed by atoms with E-state index in [1.165, 1.54) is 13.8 Å². The predicted octanol–water partition coefficient (Wildman–Crippen LogP) is 2.75. The van der Waals surface area contributed by atoms with Gasteiger partial charge in [0.25, 0.3) is 0 Å². The molecule has 0 unspecified atom stereocenters. The number of rotatable bonds is 4. The Kier molecular flexibility index (Phi) is 5.43. The van der Waals surface area contributed by atoms with Gasteiger partial charge in [0.1, 0.15) is 0 Å². The standard InChI is InChI=1S/C9H12ClF2NO2/c1-4-15-8(14)9(11,12)7(3)13-5-6(2)10/h5H,4H2,1-3H3/b6-5+,13-7+. The van der Waals surface area contributed by atoms with Gasteiger partial charge in [0.15, 0.2) is 0 Å². The minimum absolute atomic E-state index is 0.105. The van der Waals surface area contributed by atoms with Crippen molar-refractivity contribution >= 4 is 23.3 Å². The number of halogens is 3. The van der Waals surface area contributed by atoms with Crippen LogP contribution in [0.5, 0.6) is 0 Å². The highest BCUT2D eigenvalue weighted by molar-refractivity contribution is 6.29. The summed E-state index contributed by atoms with van der Waals surface area (Å²) >= 11 is 5.41. The second-order valence-electron chi connectivity index (χ2n) is 2.73. The van der Waals surface area contributed by atoms with E-state index in [9.17, 15) is 13.6 Å². The highest BCUT2D eigenvalue weighted by atomic mass is 35.5. The molecule has 0 saturated heterocycles. The van der Waals surface area contributed by atoms with Crippen LogP contribution < -0.4 is 0 Å². The fraction of sp³-hybridized carbons (Fsp3) is 0.556. The Balaban J connectivity index is 4.79. The quantitative estimate of drug-likeness (QED) is 0.559. The third-order valence-corrected chi connectivity index (χ3v) is 1.52. The molecule has 0 N–H and O–H groups in total. The van der Waals surface area contributed by atoms with E-state index in [1.807, 2.05) is 0 Å². The molecule has 0 atom stereocenters. The van der Waals surface area contributed by atoms with Crippen LogP contribution in [0.25, 0.3) is 0 Å². The summed E-state index contributed by atoms with van der Waals surface area (Å²) in [5, 5.41) is 0.244. The fourth-order valence-corrected chi connectivity index (χ4v) is 0.685. The zero-order valence-corrected chi connectivity index (χ0v) is 9.44. The number of ether oxygens (including phenoxy) is 1. The van der Waals surface area contributed by atoms with Crippen LogP contribution in [0, 0.1) is 0 Å². The molecular weight excluding hydrogens is 228 g/mol. The Hall–Kier alpha value is -0.970. The van der Waals surface area contributed by atoms with Crippen molar-refractivity contribution in [3.63, 3.8) is 0 Å². The molecule has 0 aliphatic carbocycles. The molecule has 86 valence electrons. The van der Waals surface area contributed by atoms with E-state index in [2.05, 4.69) is 9.73 Å². The SMILES string of the molecule is CCOC(=O)C(F)(F)/C(C)=N/C=C(\C)Cl. The molecule has 0 aromatic rings. The van der Waals surface area contributed by atoms with E-state index < -0.39 is 17.6 Å². The van der Waals surface area contributed by atoms with Crippen molar-refractivity contribution in [3.8, 4) is 0 Å². The zero-order valence-electron chi connectivity index (χ0n) is 8.68. The maximum absolute atomic E-state index is 13.2. The lowest BCUT2D eigenvalue weighted by Gasteiger charge is -2.13. The summed E-state index contributed by atoms with van der Waals surface area (Å²) in [6, 6.07) is 0. The molecular formula is C9H12ClF2NO2. The van der Waals surface area contributed by atoms with E-state index in [0.717, 1.165) is 13.1 Å². The third-order valence-electron chi connectivity index (χ3n) is 1.42. The van der Waals surface area contributed by atoms with Crippen LogP contribution in [0.3, 0.4) is 0 Å². The Morgan fingerprint density at radius 3 is 2.47 bits per heavy atom. The molecule has 0 heterocycles. The fourth-order valence-electron chi connectivity index (χ4n) is 0.636. The van der Waals surface area contributed by atoms with Crippen LogP contribution in [-0.4, -0.2) is 24.2 Å². The summed E-state index contributed by atoms with van der Waals surface area (Å²) in [5.41, 5.74) is -0.652. The van der Waals surface area contributed by atoms with Crippen LogP contribution in [0.4, 0.5) is 8.78 Å². The van der Waals surface area contributed by atoms with Crippen molar-refractivity contribution < 1.29 is 18.3 Å². The molecule has 0 bridgehead atoms. The van der Waals surface area contributed by atoms with Gasteiger partial charge >= 0.3 is 11.9 Å². The minimum Gasteiger partial charge on any atom is -0.461 e. The Morgan fingerprint density at radius 1 is 1.53 bits per heavy atom. The molecule has 0 aromatic carbocycles. The number of esters is 1. The summed E-state index contributed by atoms with van der Waals surface area (Å²) in [4.78, 5) is 14.2. The second-order valence-corrected chi connectivity index (χ2v) is 3.32. The van der Waals surface area contributed by atoms with Crippen molar-refractivity contribution in [2.24, 2.45) is 4.99 Å². The molecule has 0 aromatic heterocycles. The van der Waals surface area contributed by atoms with Crippen molar-refractivity contribution in [1.82, 2.24) is 0 Å². The Bertz CT molecular complexity index is 296. The van der Waals surface area contributed by atoms with Crippen LogP contribution in [0.15, 0.2) is 16.2 Å². The summed E-state index contributed by atoms with van der Waals surface area (Å²) in [7, 11) is 0. The smallest absolute Gasteiger partial charge is 0.383 e. The predicted molar refractivity (Wildman–Crippen MR) is 54.3 cm³/mol. The lowest BCUT2D eigenvalue weighted by molar-refractivity contribution is -0.162. The Labute approximate surface area is 91.8 Å². The van der Waals surface area contributed by atoms with Gasteiger partial charge < -0.3 is 4.74 Å². The maximum Gasteiger partial charge on any atom is 0.383 e. The summed E-state index contributed by atoms with van der Waals surface area (Å²) in [5.74, 6) is -5.31. The molecule has 0 amide bonds. The first-order valence-electron chi connectivity index (χ1n) is 4.24. The van der Waals surface area contributed by atoms with E-state index in [0.29, 0.717) is 0 Å². The van der Waals surface area contributed by atoms with Gasteiger partial charge in [0, 0.05) is 11.2 Å². The van der Waals surface area contributed by atoms with Gasteiger partial charge in [-0.2, -0.15) is 8.78 Å². The molecule has 0 spiro atoms. The lowest BCUT2D eigenvalue weighted by atomic mass is 10.2. The number of carbonyl (C=O) groups is 1. The summed E-state index contributed by atoms with van der Waals surface area (Å²) in [6.45, 7) is 3.86. The van der Waals surface area contributed by atoms with Gasteiger partial charge in [0.2, 0.25) is 0 Å². The average Bonchev–Trinajstić information content (AvgIpc) is 2.14. The lowest BCUT2D eigenvalue weighted by Crippen LogP contribution is -2.37. The third kappa shape index (κ3) is 4.38. The maximum atomic E-state index is 13.2. The van der Waals surface area contributed by atoms with E-state index in [1.54, 1.807) is 0 Å². The summed E-state index contributed by atoms with van der Waals surface area (Å²) in [6.07, 6.45) is 1.05. The molecule has 0 saturated carbocycles. The molecule has 0 aliphatic heterocycles. The number of alkyl halides is 2.